The van der Waals surface area contributed by atoms with Crippen molar-refractivity contribution in [1.29, 1.82) is 0 Å². The van der Waals surface area contributed by atoms with E-state index in [0.29, 0.717) is 0 Å². The van der Waals surface area contributed by atoms with Crippen LogP contribution in [0.25, 0.3) is 0 Å². The van der Waals surface area contributed by atoms with Crippen molar-refractivity contribution in [3.63, 3.8) is 0 Å². The molecule has 0 amide bonds. The molecule has 4 nitrogen and oxygen atoms in total. The van der Waals surface area contributed by atoms with Gasteiger partial charge in [0.2, 0.25) is 0 Å². The van der Waals surface area contributed by atoms with Crippen molar-refractivity contribution in [2.45, 2.75) is 26.8 Å². The standard InChI is InChI=1S/C11H20N4/c1-4-15(5-2)11-9-8-12-7-6-10(9)13-14(11)3/h12H,4-8H2,1-3H3. The molecule has 0 aromatic carbocycles. The van der Waals surface area contributed by atoms with Crippen molar-refractivity contribution in [3.05, 3.63) is 11.3 Å². The van der Waals surface area contributed by atoms with Crippen LogP contribution in [-0.2, 0) is 20.0 Å². The zero-order valence-electron chi connectivity index (χ0n) is 9.88. The van der Waals surface area contributed by atoms with Gasteiger partial charge >= 0.3 is 0 Å². The molecule has 0 atom stereocenters. The lowest BCUT2D eigenvalue weighted by atomic mass is 10.1. The molecular formula is C11H20N4. The first-order chi connectivity index (χ1) is 7.27. The molecule has 0 saturated carbocycles. The van der Waals surface area contributed by atoms with Gasteiger partial charge in [0.05, 0.1) is 5.69 Å². The summed E-state index contributed by atoms with van der Waals surface area (Å²) in [4.78, 5) is 2.37. The minimum absolute atomic E-state index is 0.967. The van der Waals surface area contributed by atoms with Crippen molar-refractivity contribution in [2.75, 3.05) is 24.5 Å². The second kappa shape index (κ2) is 4.23. The van der Waals surface area contributed by atoms with Crippen molar-refractivity contribution < 1.29 is 0 Å². The molecule has 1 aromatic rings. The molecule has 84 valence electrons. The molecule has 0 bridgehead atoms. The highest BCUT2D eigenvalue weighted by Gasteiger charge is 2.21. The van der Waals surface area contributed by atoms with Crippen molar-refractivity contribution in [1.82, 2.24) is 15.1 Å². The SMILES string of the molecule is CCN(CC)c1c2c(nn1C)CCNC2. The fourth-order valence-corrected chi connectivity index (χ4v) is 2.33. The van der Waals surface area contributed by atoms with E-state index in [9.17, 15) is 0 Å². The summed E-state index contributed by atoms with van der Waals surface area (Å²) in [6, 6.07) is 0. The highest BCUT2D eigenvalue weighted by Crippen LogP contribution is 2.25. The first-order valence-corrected chi connectivity index (χ1v) is 5.78. The number of nitrogens with one attached hydrogen (secondary N) is 1. The van der Waals surface area contributed by atoms with Gasteiger partial charge in [-0.05, 0) is 13.8 Å². The van der Waals surface area contributed by atoms with Crippen molar-refractivity contribution in [2.24, 2.45) is 7.05 Å². The Balaban J connectivity index is 2.40. The van der Waals surface area contributed by atoms with Crippen LogP contribution in [0.3, 0.4) is 0 Å². The fraction of sp³-hybridized carbons (Fsp3) is 0.727. The normalized spacial score (nSPS) is 15.1. The minimum atomic E-state index is 0.967. The summed E-state index contributed by atoms with van der Waals surface area (Å²) in [6.07, 6.45) is 1.06. The highest BCUT2D eigenvalue weighted by atomic mass is 15.4. The summed E-state index contributed by atoms with van der Waals surface area (Å²) in [5.41, 5.74) is 2.67. The molecule has 4 heteroatoms. The summed E-state index contributed by atoms with van der Waals surface area (Å²) in [5.74, 6) is 1.29. The Bertz CT molecular complexity index is 339. The Morgan fingerprint density at radius 1 is 1.40 bits per heavy atom. The molecular weight excluding hydrogens is 188 g/mol. The van der Waals surface area contributed by atoms with Crippen LogP contribution >= 0.6 is 0 Å². The van der Waals surface area contributed by atoms with Crippen LogP contribution in [0.4, 0.5) is 5.82 Å². The van der Waals surface area contributed by atoms with E-state index < -0.39 is 0 Å². The monoisotopic (exact) mass is 208 g/mol. The highest BCUT2D eigenvalue weighted by molar-refractivity contribution is 5.51. The van der Waals surface area contributed by atoms with Crippen LogP contribution < -0.4 is 10.2 Å². The van der Waals surface area contributed by atoms with Gasteiger partial charge in [-0.1, -0.05) is 0 Å². The second-order valence-electron chi connectivity index (χ2n) is 3.97. The Hall–Kier alpha value is -1.03. The van der Waals surface area contributed by atoms with Crippen LogP contribution in [0.5, 0.6) is 0 Å². The summed E-state index contributed by atoms with van der Waals surface area (Å²) in [6.45, 7) is 8.50. The number of hydrogen-bond donors (Lipinski definition) is 1. The van der Waals surface area contributed by atoms with Gasteiger partial charge in [0.15, 0.2) is 0 Å². The Kier molecular flexibility index (Phi) is 2.95. The molecule has 0 aliphatic carbocycles. The number of nitrogens with zero attached hydrogens (tertiary/aromatic N) is 3. The first kappa shape index (κ1) is 10.5. The predicted molar refractivity (Wildman–Crippen MR) is 62.2 cm³/mol. The predicted octanol–water partition coefficient (Wildman–Crippen LogP) is 0.912. The van der Waals surface area contributed by atoms with Gasteiger partial charge in [-0.15, -0.1) is 0 Å². The number of anilines is 1. The summed E-state index contributed by atoms with van der Waals surface area (Å²) in [5, 5.41) is 8.02. The molecule has 1 N–H and O–H groups in total. The third-order valence-electron chi connectivity index (χ3n) is 3.10. The third-order valence-corrected chi connectivity index (χ3v) is 3.10. The summed E-state index contributed by atoms with van der Waals surface area (Å²) < 4.78 is 2.03. The van der Waals surface area contributed by atoms with E-state index in [2.05, 4.69) is 29.2 Å². The number of aromatic nitrogens is 2. The van der Waals surface area contributed by atoms with Crippen LogP contribution in [0.1, 0.15) is 25.1 Å². The molecule has 1 aliphatic heterocycles. The molecule has 0 spiro atoms. The van der Waals surface area contributed by atoms with Gasteiger partial charge in [-0.3, -0.25) is 4.68 Å². The maximum absolute atomic E-state index is 4.60. The molecule has 0 radical (unpaired) electrons. The van der Waals surface area contributed by atoms with Gasteiger partial charge in [-0.25, -0.2) is 0 Å². The number of rotatable bonds is 3. The maximum Gasteiger partial charge on any atom is 0.131 e. The number of fused-ring (bicyclic) bond motifs is 1. The average molecular weight is 208 g/mol. The molecule has 1 aliphatic rings. The van der Waals surface area contributed by atoms with E-state index in [1.54, 1.807) is 0 Å². The smallest absolute Gasteiger partial charge is 0.131 e. The van der Waals surface area contributed by atoms with Gasteiger partial charge < -0.3 is 10.2 Å². The zero-order chi connectivity index (χ0) is 10.8. The number of hydrogen-bond acceptors (Lipinski definition) is 3. The van der Waals surface area contributed by atoms with E-state index in [0.717, 1.165) is 32.6 Å². The number of aryl methyl sites for hydroxylation is 1. The topological polar surface area (TPSA) is 33.1 Å². The van der Waals surface area contributed by atoms with Crippen LogP contribution in [0, 0.1) is 0 Å². The van der Waals surface area contributed by atoms with E-state index in [1.165, 1.54) is 17.1 Å². The molecule has 2 heterocycles. The molecule has 1 aromatic heterocycles. The third kappa shape index (κ3) is 1.74. The lowest BCUT2D eigenvalue weighted by Gasteiger charge is -2.23. The molecule has 0 fully saturated rings. The van der Waals surface area contributed by atoms with Gasteiger partial charge in [0, 0.05) is 45.2 Å². The van der Waals surface area contributed by atoms with Gasteiger partial charge in [0.25, 0.3) is 0 Å². The fourth-order valence-electron chi connectivity index (χ4n) is 2.33. The second-order valence-corrected chi connectivity index (χ2v) is 3.97. The Labute approximate surface area is 91.3 Å². The molecule has 0 saturated heterocycles. The van der Waals surface area contributed by atoms with Gasteiger partial charge in [-0.2, -0.15) is 5.10 Å². The van der Waals surface area contributed by atoms with Crippen LogP contribution in [-0.4, -0.2) is 29.4 Å². The van der Waals surface area contributed by atoms with E-state index in [-0.39, 0.29) is 0 Å². The molecule has 0 unspecified atom stereocenters. The minimum Gasteiger partial charge on any atom is -0.357 e. The quantitative estimate of drug-likeness (QED) is 0.801. The van der Waals surface area contributed by atoms with Crippen LogP contribution in [0.15, 0.2) is 0 Å². The maximum atomic E-state index is 4.60. The Morgan fingerprint density at radius 2 is 2.13 bits per heavy atom. The van der Waals surface area contributed by atoms with E-state index in [4.69, 9.17) is 0 Å². The zero-order valence-corrected chi connectivity index (χ0v) is 9.88. The Morgan fingerprint density at radius 3 is 2.80 bits per heavy atom. The van der Waals surface area contributed by atoms with E-state index in [1.807, 2.05) is 11.7 Å². The van der Waals surface area contributed by atoms with Crippen molar-refractivity contribution >= 4 is 5.82 Å². The molecule has 2 rings (SSSR count). The first-order valence-electron chi connectivity index (χ1n) is 5.78. The van der Waals surface area contributed by atoms with Crippen molar-refractivity contribution in [3.8, 4) is 0 Å². The van der Waals surface area contributed by atoms with Crippen LogP contribution in [0.2, 0.25) is 0 Å². The average Bonchev–Trinajstić information content (AvgIpc) is 2.58. The van der Waals surface area contributed by atoms with E-state index >= 15 is 0 Å². The lowest BCUT2D eigenvalue weighted by molar-refractivity contribution is 0.632. The summed E-state index contributed by atoms with van der Waals surface area (Å²) >= 11 is 0. The van der Waals surface area contributed by atoms with Gasteiger partial charge in [0.1, 0.15) is 5.82 Å². The lowest BCUT2D eigenvalue weighted by Crippen LogP contribution is -2.28. The molecule has 15 heavy (non-hydrogen) atoms. The largest absolute Gasteiger partial charge is 0.357 e. The summed E-state index contributed by atoms with van der Waals surface area (Å²) in [7, 11) is 2.05.